The number of piperazine rings is 1. The average Bonchev–Trinajstić information content (AvgIpc) is 2.62. The van der Waals surface area contributed by atoms with Gasteiger partial charge in [0.2, 0.25) is 5.91 Å². The number of hydrogen-bond acceptors (Lipinski definition) is 3. The molecule has 1 aromatic carbocycles. The summed E-state index contributed by atoms with van der Waals surface area (Å²) in [6, 6.07) is 10.4. The van der Waals surface area contributed by atoms with Gasteiger partial charge in [0.15, 0.2) is 5.96 Å². The highest BCUT2D eigenvalue weighted by Gasteiger charge is 2.20. The Kier molecular flexibility index (Phi) is 9.47. The van der Waals surface area contributed by atoms with Crippen LogP contribution in [0.2, 0.25) is 0 Å². The summed E-state index contributed by atoms with van der Waals surface area (Å²) in [6.45, 7) is 10.3. The van der Waals surface area contributed by atoms with Crippen molar-refractivity contribution in [1.29, 1.82) is 0 Å². The minimum absolute atomic E-state index is 0. The lowest BCUT2D eigenvalue weighted by Gasteiger charge is -2.37. The van der Waals surface area contributed by atoms with E-state index in [0.29, 0.717) is 6.54 Å². The second kappa shape index (κ2) is 11.1. The number of amides is 1. The fraction of sp³-hybridized carbons (Fsp3) is 0.474. The van der Waals surface area contributed by atoms with Gasteiger partial charge in [0.25, 0.3) is 0 Å². The molecule has 0 aliphatic carbocycles. The van der Waals surface area contributed by atoms with Crippen molar-refractivity contribution in [3.05, 3.63) is 42.5 Å². The number of benzene rings is 1. The number of rotatable bonds is 5. The standard InChI is InChI=1S/C19H29N5O.HI/c1-16(2)14-20-19(21-15-18(25)22(3)4)24-12-10-23(11-13-24)17-8-6-5-7-9-17;/h5-9H,1,10-15H2,2-4H3,(H,20,21);1H. The third-order valence-corrected chi connectivity index (χ3v) is 4.11. The zero-order valence-corrected chi connectivity index (χ0v) is 18.3. The number of carbonyl (C=O) groups is 1. The van der Waals surface area contributed by atoms with Crippen molar-refractivity contribution < 1.29 is 4.79 Å². The maximum atomic E-state index is 11.9. The van der Waals surface area contributed by atoms with Crippen molar-refractivity contribution in [3.63, 3.8) is 0 Å². The van der Waals surface area contributed by atoms with Gasteiger partial charge in [0, 0.05) is 52.5 Å². The van der Waals surface area contributed by atoms with E-state index in [4.69, 9.17) is 0 Å². The Morgan fingerprint density at radius 2 is 1.81 bits per heavy atom. The Morgan fingerprint density at radius 3 is 2.35 bits per heavy atom. The van der Waals surface area contributed by atoms with E-state index >= 15 is 0 Å². The third-order valence-electron chi connectivity index (χ3n) is 4.11. The summed E-state index contributed by atoms with van der Waals surface area (Å²) >= 11 is 0. The number of nitrogens with one attached hydrogen (secondary N) is 1. The molecule has 1 aliphatic rings. The van der Waals surface area contributed by atoms with E-state index in [1.54, 1.807) is 19.0 Å². The van der Waals surface area contributed by atoms with E-state index in [1.165, 1.54) is 5.69 Å². The largest absolute Gasteiger partial charge is 0.368 e. The first-order valence-corrected chi connectivity index (χ1v) is 8.65. The molecule has 1 amide bonds. The zero-order valence-electron chi connectivity index (χ0n) is 15.9. The molecule has 1 aromatic rings. The van der Waals surface area contributed by atoms with Crippen molar-refractivity contribution in [2.24, 2.45) is 4.99 Å². The molecular formula is C19H30IN5O. The van der Waals surface area contributed by atoms with Gasteiger partial charge in [-0.25, -0.2) is 4.99 Å². The SMILES string of the molecule is C=C(C)CNC(=NCC(=O)N(C)C)N1CCN(c2ccccc2)CC1.I. The molecule has 1 heterocycles. The topological polar surface area (TPSA) is 51.2 Å². The van der Waals surface area contributed by atoms with Gasteiger partial charge in [0.1, 0.15) is 6.54 Å². The molecule has 6 nitrogen and oxygen atoms in total. The van der Waals surface area contributed by atoms with Crippen molar-refractivity contribution >= 4 is 41.5 Å². The summed E-state index contributed by atoms with van der Waals surface area (Å²) in [5.41, 5.74) is 2.29. The minimum atomic E-state index is -0.00227. The van der Waals surface area contributed by atoms with Gasteiger partial charge in [-0.1, -0.05) is 30.4 Å². The third kappa shape index (κ3) is 6.86. The normalized spacial score (nSPS) is 14.5. The zero-order chi connectivity index (χ0) is 18.2. The van der Waals surface area contributed by atoms with E-state index in [2.05, 4.69) is 51.0 Å². The van der Waals surface area contributed by atoms with Crippen LogP contribution in [0.5, 0.6) is 0 Å². The minimum Gasteiger partial charge on any atom is -0.368 e. The first kappa shape index (κ1) is 22.3. The lowest BCUT2D eigenvalue weighted by Crippen LogP contribution is -2.53. The monoisotopic (exact) mass is 471 g/mol. The van der Waals surface area contributed by atoms with Crippen molar-refractivity contribution in [3.8, 4) is 0 Å². The Labute approximate surface area is 174 Å². The highest BCUT2D eigenvalue weighted by atomic mass is 127. The van der Waals surface area contributed by atoms with Crippen LogP contribution >= 0.6 is 24.0 Å². The molecule has 1 N–H and O–H groups in total. The highest BCUT2D eigenvalue weighted by Crippen LogP contribution is 2.15. The molecule has 0 unspecified atom stereocenters. The first-order chi connectivity index (χ1) is 12.0. The summed E-state index contributed by atoms with van der Waals surface area (Å²) in [7, 11) is 3.49. The second-order valence-electron chi connectivity index (χ2n) is 6.55. The van der Waals surface area contributed by atoms with Crippen LogP contribution in [0.4, 0.5) is 5.69 Å². The molecular weight excluding hydrogens is 441 g/mol. The van der Waals surface area contributed by atoms with Gasteiger partial charge in [-0.05, 0) is 19.1 Å². The molecule has 0 radical (unpaired) electrons. The number of aliphatic imine (C=N–C) groups is 1. The average molecular weight is 471 g/mol. The second-order valence-corrected chi connectivity index (χ2v) is 6.55. The maximum Gasteiger partial charge on any atom is 0.243 e. The summed E-state index contributed by atoms with van der Waals surface area (Å²) in [5.74, 6) is 0.781. The molecule has 2 rings (SSSR count). The quantitative estimate of drug-likeness (QED) is 0.309. The predicted molar refractivity (Wildman–Crippen MR) is 119 cm³/mol. The molecule has 0 bridgehead atoms. The molecule has 0 saturated carbocycles. The molecule has 0 spiro atoms. The van der Waals surface area contributed by atoms with Crippen molar-refractivity contribution in [2.75, 3.05) is 58.3 Å². The lowest BCUT2D eigenvalue weighted by molar-refractivity contribution is -0.127. The van der Waals surface area contributed by atoms with Gasteiger partial charge in [-0.15, -0.1) is 24.0 Å². The number of para-hydroxylation sites is 1. The predicted octanol–water partition coefficient (Wildman–Crippen LogP) is 2.04. The molecule has 0 aromatic heterocycles. The van der Waals surface area contributed by atoms with Crippen LogP contribution in [0, 0.1) is 0 Å². The molecule has 1 saturated heterocycles. The Morgan fingerprint density at radius 1 is 1.19 bits per heavy atom. The number of nitrogens with zero attached hydrogens (tertiary/aromatic N) is 4. The van der Waals surface area contributed by atoms with E-state index in [9.17, 15) is 4.79 Å². The van der Waals surface area contributed by atoms with Crippen molar-refractivity contribution in [2.45, 2.75) is 6.92 Å². The summed E-state index contributed by atoms with van der Waals surface area (Å²) in [4.78, 5) is 22.5. The van der Waals surface area contributed by atoms with E-state index in [1.807, 2.05) is 13.0 Å². The lowest BCUT2D eigenvalue weighted by atomic mass is 10.2. The number of carbonyl (C=O) groups excluding carboxylic acids is 1. The fourth-order valence-electron chi connectivity index (χ4n) is 2.60. The van der Waals surface area contributed by atoms with Gasteiger partial charge >= 0.3 is 0 Å². The first-order valence-electron chi connectivity index (χ1n) is 8.65. The van der Waals surface area contributed by atoms with Crippen molar-refractivity contribution in [1.82, 2.24) is 15.1 Å². The van der Waals surface area contributed by atoms with E-state index in [-0.39, 0.29) is 36.4 Å². The van der Waals surface area contributed by atoms with Crippen LogP contribution in [-0.4, -0.2) is 75.0 Å². The smallest absolute Gasteiger partial charge is 0.243 e. The Hall–Kier alpha value is -1.77. The summed E-state index contributed by atoms with van der Waals surface area (Å²) in [6.07, 6.45) is 0. The van der Waals surface area contributed by atoms with E-state index in [0.717, 1.165) is 37.7 Å². The fourth-order valence-corrected chi connectivity index (χ4v) is 2.60. The molecule has 26 heavy (non-hydrogen) atoms. The van der Waals surface area contributed by atoms with Crippen LogP contribution in [-0.2, 0) is 4.79 Å². The Balaban J connectivity index is 0.00000338. The van der Waals surface area contributed by atoms with Crippen LogP contribution in [0.1, 0.15) is 6.92 Å². The summed E-state index contributed by atoms with van der Waals surface area (Å²) in [5, 5.41) is 3.32. The van der Waals surface area contributed by atoms with E-state index < -0.39 is 0 Å². The van der Waals surface area contributed by atoms with Crippen LogP contribution in [0.3, 0.4) is 0 Å². The number of anilines is 1. The molecule has 1 aliphatic heterocycles. The van der Waals surface area contributed by atoms with Crippen LogP contribution < -0.4 is 10.2 Å². The highest BCUT2D eigenvalue weighted by molar-refractivity contribution is 14.0. The van der Waals surface area contributed by atoms with Gasteiger partial charge in [-0.3, -0.25) is 4.79 Å². The molecule has 0 atom stereocenters. The Bertz CT molecular complexity index is 610. The van der Waals surface area contributed by atoms with Gasteiger partial charge in [0.05, 0.1) is 0 Å². The van der Waals surface area contributed by atoms with Gasteiger partial charge in [-0.2, -0.15) is 0 Å². The molecule has 1 fully saturated rings. The number of hydrogen-bond donors (Lipinski definition) is 1. The molecule has 7 heteroatoms. The maximum absolute atomic E-state index is 11.9. The van der Waals surface area contributed by atoms with Crippen LogP contribution in [0.25, 0.3) is 0 Å². The summed E-state index contributed by atoms with van der Waals surface area (Å²) < 4.78 is 0. The number of guanidine groups is 1. The van der Waals surface area contributed by atoms with Crippen LogP contribution in [0.15, 0.2) is 47.5 Å². The number of likely N-dealkylation sites (N-methyl/N-ethyl adjacent to an activating group) is 1. The van der Waals surface area contributed by atoms with Gasteiger partial charge < -0.3 is 20.0 Å². The molecule has 144 valence electrons. The number of halogens is 1.